The minimum Gasteiger partial charge on any atom is -0.477 e. The third kappa shape index (κ3) is 8.94. The number of unbranched alkanes of at least 4 members (excludes halogenated alkanes) is 2. The van der Waals surface area contributed by atoms with E-state index in [2.05, 4.69) is 16.9 Å². The van der Waals surface area contributed by atoms with Gasteiger partial charge in [-0.3, -0.25) is 0 Å². The van der Waals surface area contributed by atoms with Gasteiger partial charge in [0.1, 0.15) is 6.61 Å². The van der Waals surface area contributed by atoms with Crippen molar-refractivity contribution < 1.29 is 14.7 Å². The highest BCUT2D eigenvalue weighted by Gasteiger charge is 1.87. The fourth-order valence-electron chi connectivity index (χ4n) is 0.552. The van der Waals surface area contributed by atoms with Crippen molar-refractivity contribution >= 4 is 12.2 Å². The third-order valence-corrected chi connectivity index (χ3v) is 1.08. The van der Waals surface area contributed by atoms with E-state index in [0.717, 1.165) is 25.5 Å². The maximum absolute atomic E-state index is 9.86. The summed E-state index contributed by atoms with van der Waals surface area (Å²) in [6, 6.07) is 0. The number of carboxylic acids is 1. The molecule has 64 valence electrons. The Kier molecular flexibility index (Phi) is 6.37. The summed E-state index contributed by atoms with van der Waals surface area (Å²) in [6.07, 6.45) is 3.87. The van der Waals surface area contributed by atoms with E-state index in [1.807, 2.05) is 0 Å². The van der Waals surface area contributed by atoms with Gasteiger partial charge in [-0.05, 0) is 6.42 Å². The summed E-state index contributed by atoms with van der Waals surface area (Å²) in [6.45, 7) is 2.58. The molecule has 0 saturated carbocycles. The lowest BCUT2D eigenvalue weighted by molar-refractivity contribution is -0.129. The van der Waals surface area contributed by atoms with E-state index in [0.29, 0.717) is 6.61 Å². The molecule has 0 heterocycles. The second kappa shape index (κ2) is 7.05. The summed E-state index contributed by atoms with van der Waals surface area (Å²) in [7, 11) is 0. The van der Waals surface area contributed by atoms with Crippen LogP contribution >= 0.6 is 0 Å². The molecule has 1 N–H and O–H groups in total. The van der Waals surface area contributed by atoms with Crippen molar-refractivity contribution in [2.24, 2.45) is 5.16 Å². The first kappa shape index (κ1) is 9.94. The predicted octanol–water partition coefficient (Wildman–Crippen LogP) is 1.26. The quantitative estimate of drug-likeness (QED) is 0.360. The van der Waals surface area contributed by atoms with Crippen molar-refractivity contribution in [1.29, 1.82) is 0 Å². The minimum atomic E-state index is -1.08. The zero-order valence-electron chi connectivity index (χ0n) is 6.62. The predicted molar refractivity (Wildman–Crippen MR) is 41.6 cm³/mol. The number of carboxylic acid groups (broad SMARTS) is 1. The molecule has 0 aliphatic carbocycles. The lowest BCUT2D eigenvalue weighted by Gasteiger charge is -1.95. The Morgan fingerprint density at radius 3 is 2.91 bits per heavy atom. The van der Waals surface area contributed by atoms with E-state index >= 15 is 0 Å². The van der Waals surface area contributed by atoms with E-state index in [1.54, 1.807) is 0 Å². The highest BCUT2D eigenvalue weighted by molar-refractivity contribution is 6.21. The monoisotopic (exact) mass is 159 g/mol. The number of hydrogen-bond acceptors (Lipinski definition) is 3. The van der Waals surface area contributed by atoms with Crippen LogP contribution in [0.3, 0.4) is 0 Å². The number of aliphatic carboxylic acids is 1. The number of nitrogens with zero attached hydrogens (tertiary/aromatic N) is 1. The molecular formula is C7H13NO3. The van der Waals surface area contributed by atoms with Crippen LogP contribution in [0, 0.1) is 0 Å². The van der Waals surface area contributed by atoms with E-state index < -0.39 is 5.97 Å². The highest BCUT2D eigenvalue weighted by Crippen LogP contribution is 1.93. The van der Waals surface area contributed by atoms with Gasteiger partial charge in [0.05, 0.1) is 0 Å². The molecule has 11 heavy (non-hydrogen) atoms. The number of oxime groups is 1. The zero-order chi connectivity index (χ0) is 8.53. The van der Waals surface area contributed by atoms with E-state index in [-0.39, 0.29) is 0 Å². The molecule has 0 aromatic heterocycles. The smallest absolute Gasteiger partial charge is 0.350 e. The van der Waals surface area contributed by atoms with Crippen molar-refractivity contribution in [1.82, 2.24) is 0 Å². The molecular weight excluding hydrogens is 146 g/mol. The molecule has 0 aromatic rings. The Morgan fingerprint density at radius 2 is 2.36 bits per heavy atom. The van der Waals surface area contributed by atoms with Crippen LogP contribution in [0.2, 0.25) is 0 Å². The van der Waals surface area contributed by atoms with E-state index in [1.165, 1.54) is 0 Å². The van der Waals surface area contributed by atoms with Gasteiger partial charge in [0, 0.05) is 0 Å². The van der Waals surface area contributed by atoms with Gasteiger partial charge in [0.15, 0.2) is 6.21 Å². The van der Waals surface area contributed by atoms with Gasteiger partial charge in [-0.1, -0.05) is 24.9 Å². The van der Waals surface area contributed by atoms with Gasteiger partial charge in [-0.25, -0.2) is 4.79 Å². The fraction of sp³-hybridized carbons (Fsp3) is 0.714. The van der Waals surface area contributed by atoms with Crippen LogP contribution < -0.4 is 0 Å². The van der Waals surface area contributed by atoms with Crippen molar-refractivity contribution in [3.63, 3.8) is 0 Å². The topological polar surface area (TPSA) is 58.9 Å². The normalized spacial score (nSPS) is 10.3. The molecule has 0 aromatic carbocycles. The molecule has 0 rings (SSSR count). The van der Waals surface area contributed by atoms with Crippen molar-refractivity contribution in [2.75, 3.05) is 6.61 Å². The molecule has 0 bridgehead atoms. The van der Waals surface area contributed by atoms with Crippen LogP contribution in [0.4, 0.5) is 0 Å². The average Bonchev–Trinajstić information content (AvgIpc) is 1.96. The van der Waals surface area contributed by atoms with Gasteiger partial charge < -0.3 is 9.94 Å². The van der Waals surface area contributed by atoms with Crippen molar-refractivity contribution in [3.05, 3.63) is 0 Å². The summed E-state index contributed by atoms with van der Waals surface area (Å²) in [5.74, 6) is -1.08. The maximum Gasteiger partial charge on any atom is 0.350 e. The fourth-order valence-corrected chi connectivity index (χ4v) is 0.552. The third-order valence-electron chi connectivity index (χ3n) is 1.08. The molecule has 4 nitrogen and oxygen atoms in total. The molecule has 0 amide bonds. The molecule has 0 aliphatic heterocycles. The summed E-state index contributed by atoms with van der Waals surface area (Å²) < 4.78 is 0. The van der Waals surface area contributed by atoms with Gasteiger partial charge in [0.25, 0.3) is 0 Å². The van der Waals surface area contributed by atoms with Gasteiger partial charge in [0.2, 0.25) is 0 Å². The Bertz CT molecular complexity index is 134. The van der Waals surface area contributed by atoms with Crippen LogP contribution in [0.5, 0.6) is 0 Å². The summed E-state index contributed by atoms with van der Waals surface area (Å²) in [5, 5.41) is 11.3. The van der Waals surface area contributed by atoms with Crippen LogP contribution in [-0.2, 0) is 9.63 Å². The van der Waals surface area contributed by atoms with Crippen LogP contribution in [0.15, 0.2) is 5.16 Å². The minimum absolute atomic E-state index is 0.498. The van der Waals surface area contributed by atoms with Gasteiger partial charge in [-0.15, -0.1) is 0 Å². The summed E-state index contributed by atoms with van der Waals surface area (Å²) in [5.41, 5.74) is 0. The molecule has 0 radical (unpaired) electrons. The second-order valence-electron chi connectivity index (χ2n) is 2.11. The molecule has 0 unspecified atom stereocenters. The summed E-state index contributed by atoms with van der Waals surface area (Å²) in [4.78, 5) is 14.5. The molecule has 0 fully saturated rings. The average molecular weight is 159 g/mol. The van der Waals surface area contributed by atoms with E-state index in [4.69, 9.17) is 5.11 Å². The number of rotatable bonds is 6. The lowest BCUT2D eigenvalue weighted by atomic mass is 10.3. The van der Waals surface area contributed by atoms with Crippen molar-refractivity contribution in [3.8, 4) is 0 Å². The largest absolute Gasteiger partial charge is 0.477 e. The highest BCUT2D eigenvalue weighted by atomic mass is 16.6. The Labute approximate surface area is 65.8 Å². The molecule has 4 heteroatoms. The first-order valence-corrected chi connectivity index (χ1v) is 3.65. The van der Waals surface area contributed by atoms with E-state index in [9.17, 15) is 4.79 Å². The van der Waals surface area contributed by atoms with Crippen LogP contribution in [0.25, 0.3) is 0 Å². The molecule has 0 atom stereocenters. The standard InChI is InChI=1S/C7H13NO3/c1-2-3-4-5-11-8-6-7(9)10/h6H,2-5H2,1H3,(H,9,10)/b8-6+. The maximum atomic E-state index is 9.86. The van der Waals surface area contributed by atoms with Gasteiger partial charge >= 0.3 is 5.97 Å². The van der Waals surface area contributed by atoms with Gasteiger partial charge in [-0.2, -0.15) is 0 Å². The molecule has 0 aliphatic rings. The van der Waals surface area contributed by atoms with Crippen LogP contribution in [0.1, 0.15) is 26.2 Å². The Balaban J connectivity index is 3.07. The second-order valence-corrected chi connectivity index (χ2v) is 2.11. The van der Waals surface area contributed by atoms with Crippen molar-refractivity contribution in [2.45, 2.75) is 26.2 Å². The molecule has 0 spiro atoms. The lowest BCUT2D eigenvalue weighted by Crippen LogP contribution is -1.96. The SMILES string of the molecule is CCCCCO/N=C/C(=O)O. The number of hydrogen-bond donors (Lipinski definition) is 1. The Hall–Kier alpha value is -1.06. The van der Waals surface area contributed by atoms with Crippen LogP contribution in [-0.4, -0.2) is 23.9 Å². The Morgan fingerprint density at radius 1 is 1.64 bits per heavy atom. The first-order chi connectivity index (χ1) is 5.27. The zero-order valence-corrected chi connectivity index (χ0v) is 6.62. The summed E-state index contributed by atoms with van der Waals surface area (Å²) >= 11 is 0. The number of carbonyl (C=O) groups is 1. The first-order valence-electron chi connectivity index (χ1n) is 3.65. The molecule has 0 saturated heterocycles.